The number of hydrogen-bond acceptors (Lipinski definition) is 4. The zero-order valence-corrected chi connectivity index (χ0v) is 13.3. The highest BCUT2D eigenvalue weighted by molar-refractivity contribution is 7.20. The summed E-state index contributed by atoms with van der Waals surface area (Å²) in [4.78, 5) is 23.2. The van der Waals surface area contributed by atoms with Gasteiger partial charge in [-0.15, -0.1) is 11.3 Å². The molecule has 1 N–H and O–H groups in total. The molecule has 0 spiro atoms. The van der Waals surface area contributed by atoms with E-state index in [2.05, 4.69) is 0 Å². The number of carbonyl (C=O) groups is 2. The third-order valence-corrected chi connectivity index (χ3v) is 5.52. The summed E-state index contributed by atoms with van der Waals surface area (Å²) in [7, 11) is 1.36. The Kier molecular flexibility index (Phi) is 4.20. The molecule has 6 heteroatoms. The summed E-state index contributed by atoms with van der Waals surface area (Å²) in [5.74, 6) is -0.772. The second-order valence-electron chi connectivity index (χ2n) is 5.75. The first-order valence-electron chi connectivity index (χ1n) is 7.53. The van der Waals surface area contributed by atoms with Crippen molar-refractivity contribution >= 4 is 33.5 Å². The minimum Gasteiger partial charge on any atom is -0.477 e. The number of thiophene rings is 1. The quantitative estimate of drug-likeness (QED) is 0.873. The maximum absolute atomic E-state index is 11.6. The number of fused-ring (bicyclic) bond motifs is 1. The summed E-state index contributed by atoms with van der Waals surface area (Å²) in [6.07, 6.45) is 7.99. The topological polar surface area (TPSA) is 68.5 Å². The summed E-state index contributed by atoms with van der Waals surface area (Å²) < 4.78 is 7.57. The smallest absolute Gasteiger partial charge is 0.345 e. The molecule has 22 heavy (non-hydrogen) atoms. The second kappa shape index (κ2) is 6.12. The van der Waals surface area contributed by atoms with E-state index in [9.17, 15) is 14.7 Å². The van der Waals surface area contributed by atoms with Gasteiger partial charge in [0, 0.05) is 6.20 Å². The van der Waals surface area contributed by atoms with E-state index in [0.717, 1.165) is 23.1 Å². The predicted octanol–water partition coefficient (Wildman–Crippen LogP) is 3.62. The van der Waals surface area contributed by atoms with E-state index in [1.807, 2.05) is 10.8 Å². The van der Waals surface area contributed by atoms with Crippen LogP contribution in [0.15, 0.2) is 12.3 Å². The largest absolute Gasteiger partial charge is 0.477 e. The number of carbonyl (C=O) groups excluding carboxylic acids is 1. The van der Waals surface area contributed by atoms with Gasteiger partial charge in [0.2, 0.25) is 0 Å². The number of carboxylic acids is 1. The van der Waals surface area contributed by atoms with Gasteiger partial charge in [-0.3, -0.25) is 4.79 Å². The number of rotatable bonds is 4. The fourth-order valence-corrected chi connectivity index (χ4v) is 4.34. The molecule has 0 aliphatic heterocycles. The van der Waals surface area contributed by atoms with E-state index in [1.54, 1.807) is 6.07 Å². The van der Waals surface area contributed by atoms with Crippen molar-refractivity contribution in [1.29, 1.82) is 0 Å². The van der Waals surface area contributed by atoms with Crippen LogP contribution in [-0.4, -0.2) is 28.7 Å². The number of hydrogen-bond donors (Lipinski definition) is 1. The molecule has 0 aromatic carbocycles. The zero-order valence-electron chi connectivity index (χ0n) is 12.5. The van der Waals surface area contributed by atoms with Gasteiger partial charge in [-0.1, -0.05) is 19.3 Å². The van der Waals surface area contributed by atoms with Gasteiger partial charge in [-0.05, 0) is 30.4 Å². The van der Waals surface area contributed by atoms with Crippen LogP contribution in [0.4, 0.5) is 0 Å². The van der Waals surface area contributed by atoms with Gasteiger partial charge in [0.05, 0.1) is 17.3 Å². The molecule has 0 bridgehead atoms. The molecular weight excluding hydrogens is 302 g/mol. The van der Waals surface area contributed by atoms with Crippen LogP contribution in [0.2, 0.25) is 0 Å². The Hall–Kier alpha value is -1.82. The maximum Gasteiger partial charge on any atom is 0.345 e. The number of aromatic carboxylic acids is 1. The van der Waals surface area contributed by atoms with Crippen LogP contribution >= 0.6 is 11.3 Å². The number of nitrogens with zero attached hydrogens (tertiary/aromatic N) is 1. The molecule has 118 valence electrons. The van der Waals surface area contributed by atoms with Crippen LogP contribution < -0.4 is 0 Å². The van der Waals surface area contributed by atoms with Gasteiger partial charge in [0.15, 0.2) is 0 Å². The molecule has 1 aliphatic carbocycles. The monoisotopic (exact) mass is 321 g/mol. The van der Waals surface area contributed by atoms with Crippen LogP contribution in [0.5, 0.6) is 0 Å². The fraction of sp³-hybridized carbons (Fsp3) is 0.500. The molecular formula is C16H19NO4S. The first kappa shape index (κ1) is 15.1. The lowest BCUT2D eigenvalue weighted by molar-refractivity contribution is -0.141. The van der Waals surface area contributed by atoms with Crippen molar-refractivity contribution in [2.75, 3.05) is 7.11 Å². The molecule has 0 saturated heterocycles. The molecule has 1 fully saturated rings. The van der Waals surface area contributed by atoms with Crippen molar-refractivity contribution in [3.63, 3.8) is 0 Å². The van der Waals surface area contributed by atoms with Crippen molar-refractivity contribution in [1.82, 2.24) is 4.57 Å². The van der Waals surface area contributed by atoms with E-state index >= 15 is 0 Å². The lowest BCUT2D eigenvalue weighted by atomic mass is 9.85. The molecule has 5 nitrogen and oxygen atoms in total. The van der Waals surface area contributed by atoms with E-state index < -0.39 is 5.97 Å². The average Bonchev–Trinajstić information content (AvgIpc) is 3.08. The SMILES string of the molecule is COC(=O)Cn1cc(C2CCCCC2)c2sc(C(=O)O)cc21. The molecule has 1 aliphatic rings. The Morgan fingerprint density at radius 2 is 2.09 bits per heavy atom. The molecule has 1 saturated carbocycles. The van der Waals surface area contributed by atoms with Gasteiger partial charge < -0.3 is 14.4 Å². The molecule has 0 atom stereocenters. The Bertz CT molecular complexity index is 709. The van der Waals surface area contributed by atoms with Crippen LogP contribution in [0.25, 0.3) is 10.2 Å². The number of ether oxygens (including phenoxy) is 1. The van der Waals surface area contributed by atoms with Gasteiger partial charge in [0.25, 0.3) is 0 Å². The first-order valence-corrected chi connectivity index (χ1v) is 8.34. The molecule has 2 aromatic heterocycles. The fourth-order valence-electron chi connectivity index (χ4n) is 3.24. The summed E-state index contributed by atoms with van der Waals surface area (Å²) in [6.45, 7) is 0.121. The van der Waals surface area contributed by atoms with E-state index in [4.69, 9.17) is 4.74 Å². The minimum atomic E-state index is -0.916. The number of methoxy groups -OCH3 is 1. The third kappa shape index (κ3) is 2.75. The molecule has 0 amide bonds. The Balaban J connectivity index is 2.05. The van der Waals surface area contributed by atoms with Gasteiger partial charge >= 0.3 is 11.9 Å². The van der Waals surface area contributed by atoms with Crippen molar-refractivity contribution in [3.05, 3.63) is 22.7 Å². The third-order valence-electron chi connectivity index (χ3n) is 4.36. The summed E-state index contributed by atoms with van der Waals surface area (Å²) in [6, 6.07) is 1.66. The summed E-state index contributed by atoms with van der Waals surface area (Å²) in [5, 5.41) is 9.23. The lowest BCUT2D eigenvalue weighted by Crippen LogP contribution is -2.10. The van der Waals surface area contributed by atoms with Crippen LogP contribution in [0.3, 0.4) is 0 Å². The zero-order chi connectivity index (χ0) is 15.7. The van der Waals surface area contributed by atoms with Crippen molar-refractivity contribution < 1.29 is 19.4 Å². The standard InChI is InChI=1S/C16H19NO4S/c1-21-14(18)9-17-8-11(10-5-3-2-4-6-10)15-12(17)7-13(22-15)16(19)20/h7-8,10H,2-6,9H2,1H3,(H,19,20). The highest BCUT2D eigenvalue weighted by Gasteiger charge is 2.24. The maximum atomic E-state index is 11.6. The van der Waals surface area contributed by atoms with E-state index in [0.29, 0.717) is 10.8 Å². The second-order valence-corrected chi connectivity index (χ2v) is 6.81. The number of esters is 1. The van der Waals surface area contributed by atoms with Gasteiger partial charge in [-0.2, -0.15) is 0 Å². The first-order chi connectivity index (χ1) is 10.6. The molecule has 2 aromatic rings. The van der Waals surface area contributed by atoms with Gasteiger partial charge in [-0.25, -0.2) is 4.79 Å². The lowest BCUT2D eigenvalue weighted by Gasteiger charge is -2.20. The normalized spacial score (nSPS) is 16.0. The minimum absolute atomic E-state index is 0.121. The summed E-state index contributed by atoms with van der Waals surface area (Å²) >= 11 is 1.31. The number of aromatic nitrogens is 1. The van der Waals surface area contributed by atoms with Crippen LogP contribution in [0.1, 0.15) is 53.3 Å². The van der Waals surface area contributed by atoms with Crippen molar-refractivity contribution in [3.8, 4) is 0 Å². The average molecular weight is 321 g/mol. The van der Waals surface area contributed by atoms with Crippen LogP contribution in [-0.2, 0) is 16.1 Å². The van der Waals surface area contributed by atoms with Crippen LogP contribution in [0, 0.1) is 0 Å². The highest BCUT2D eigenvalue weighted by Crippen LogP contribution is 2.40. The Morgan fingerprint density at radius 3 is 2.73 bits per heavy atom. The van der Waals surface area contributed by atoms with E-state index in [-0.39, 0.29) is 12.5 Å². The van der Waals surface area contributed by atoms with Crippen molar-refractivity contribution in [2.24, 2.45) is 0 Å². The highest BCUT2D eigenvalue weighted by atomic mass is 32.1. The molecule has 3 rings (SSSR count). The van der Waals surface area contributed by atoms with E-state index in [1.165, 1.54) is 43.3 Å². The Labute approximate surface area is 132 Å². The van der Waals surface area contributed by atoms with Crippen molar-refractivity contribution in [2.45, 2.75) is 44.6 Å². The molecule has 0 unspecified atom stereocenters. The number of carboxylic acid groups (broad SMARTS) is 1. The predicted molar refractivity (Wildman–Crippen MR) is 84.6 cm³/mol. The van der Waals surface area contributed by atoms with Gasteiger partial charge in [0.1, 0.15) is 11.4 Å². The summed E-state index contributed by atoms with van der Waals surface area (Å²) in [5.41, 5.74) is 2.02. The molecule has 0 radical (unpaired) electrons. The Morgan fingerprint density at radius 1 is 1.36 bits per heavy atom. The molecule has 2 heterocycles.